The summed E-state index contributed by atoms with van der Waals surface area (Å²) in [6, 6.07) is 10.0. The van der Waals surface area contributed by atoms with E-state index in [-0.39, 0.29) is 42.1 Å². The van der Waals surface area contributed by atoms with E-state index in [0.29, 0.717) is 23.6 Å². The first-order chi connectivity index (χ1) is 17.9. The predicted molar refractivity (Wildman–Crippen MR) is 133 cm³/mol. The van der Waals surface area contributed by atoms with Gasteiger partial charge in [0, 0.05) is 35.3 Å². The number of nitrogens with one attached hydrogen (secondary N) is 3. The van der Waals surface area contributed by atoms with Crippen LogP contribution in [0, 0.1) is 11.2 Å². The van der Waals surface area contributed by atoms with Gasteiger partial charge in [-0.2, -0.15) is 0 Å². The quantitative estimate of drug-likeness (QED) is 0.149. The minimum Gasteiger partial charge on any atom is -0.494 e. The SMILES string of the molecule is CCOc1cc(OCCO)c(F)c(C(Nc2ccc(C(=N)N)cc2)c2nn(-c3ncccn3)c(=O)[nH]2)c1. The normalized spacial score (nSPS) is 11.6. The second-order valence-corrected chi connectivity index (χ2v) is 7.67. The third-order valence-electron chi connectivity index (χ3n) is 5.17. The van der Waals surface area contributed by atoms with E-state index in [1.165, 1.54) is 24.5 Å². The Morgan fingerprint density at radius 1 is 1.24 bits per heavy atom. The molecule has 1 atom stereocenters. The van der Waals surface area contributed by atoms with Crippen molar-refractivity contribution < 1.29 is 19.0 Å². The Labute approximate surface area is 210 Å². The summed E-state index contributed by atoms with van der Waals surface area (Å²) >= 11 is 0. The number of aromatic amines is 1. The fourth-order valence-electron chi connectivity index (χ4n) is 3.53. The Morgan fingerprint density at radius 2 is 1.97 bits per heavy atom. The number of nitrogens with zero attached hydrogens (tertiary/aromatic N) is 4. The van der Waals surface area contributed by atoms with Gasteiger partial charge >= 0.3 is 5.69 Å². The fourth-order valence-corrected chi connectivity index (χ4v) is 3.53. The summed E-state index contributed by atoms with van der Waals surface area (Å²) in [5, 5.41) is 24.2. The molecule has 0 aliphatic rings. The number of halogens is 1. The number of rotatable bonds is 11. The molecule has 2 aromatic heterocycles. The zero-order valence-electron chi connectivity index (χ0n) is 19.8. The number of benzene rings is 2. The first kappa shape index (κ1) is 25.3. The summed E-state index contributed by atoms with van der Waals surface area (Å²) in [7, 11) is 0. The molecule has 0 spiro atoms. The number of hydrogen-bond donors (Lipinski definition) is 5. The molecule has 0 aliphatic heterocycles. The highest BCUT2D eigenvalue weighted by Crippen LogP contribution is 2.35. The molecule has 0 amide bonds. The van der Waals surface area contributed by atoms with Crippen LogP contribution in [-0.4, -0.2) is 55.5 Å². The summed E-state index contributed by atoms with van der Waals surface area (Å²) in [4.78, 5) is 23.5. The van der Waals surface area contributed by atoms with Gasteiger partial charge in [-0.15, -0.1) is 9.78 Å². The van der Waals surface area contributed by atoms with Crippen LogP contribution in [0.15, 0.2) is 59.7 Å². The Balaban J connectivity index is 1.84. The average molecular weight is 509 g/mol. The van der Waals surface area contributed by atoms with Crippen LogP contribution in [0.2, 0.25) is 0 Å². The first-order valence-corrected chi connectivity index (χ1v) is 11.3. The number of anilines is 1. The maximum Gasteiger partial charge on any atom is 0.350 e. The molecule has 13 heteroatoms. The van der Waals surface area contributed by atoms with E-state index < -0.39 is 17.5 Å². The van der Waals surface area contributed by atoms with E-state index in [4.69, 9.17) is 25.7 Å². The molecular formula is C24H25FN8O4. The number of ether oxygens (including phenoxy) is 2. The summed E-state index contributed by atoms with van der Waals surface area (Å²) in [6.07, 6.45) is 2.93. The van der Waals surface area contributed by atoms with Gasteiger partial charge in [0.05, 0.1) is 13.2 Å². The van der Waals surface area contributed by atoms with Crippen molar-refractivity contribution in [3.8, 4) is 17.4 Å². The second-order valence-electron chi connectivity index (χ2n) is 7.67. The number of aliphatic hydroxyl groups is 1. The molecule has 0 saturated carbocycles. The number of nitrogens with two attached hydrogens (primary N) is 1. The maximum atomic E-state index is 15.8. The molecule has 0 radical (unpaired) electrons. The van der Waals surface area contributed by atoms with E-state index in [1.807, 2.05) is 0 Å². The van der Waals surface area contributed by atoms with Gasteiger partial charge in [-0.05, 0) is 43.3 Å². The molecule has 12 nitrogen and oxygen atoms in total. The zero-order chi connectivity index (χ0) is 26.4. The minimum absolute atomic E-state index is 0.0371. The number of hydrogen-bond acceptors (Lipinski definition) is 9. The maximum absolute atomic E-state index is 15.8. The molecule has 0 fully saturated rings. The van der Waals surface area contributed by atoms with Crippen molar-refractivity contribution in [2.45, 2.75) is 13.0 Å². The van der Waals surface area contributed by atoms with Gasteiger partial charge in [-0.3, -0.25) is 10.4 Å². The fraction of sp³-hybridized carbons (Fsp3) is 0.208. The molecule has 1 unspecified atom stereocenters. The predicted octanol–water partition coefficient (Wildman–Crippen LogP) is 1.75. The number of amidine groups is 1. The van der Waals surface area contributed by atoms with Gasteiger partial charge in [0.15, 0.2) is 17.4 Å². The zero-order valence-corrected chi connectivity index (χ0v) is 19.8. The summed E-state index contributed by atoms with van der Waals surface area (Å²) in [5.41, 5.74) is 6.01. The number of H-pyrrole nitrogens is 1. The summed E-state index contributed by atoms with van der Waals surface area (Å²) in [5.74, 6) is -0.555. The largest absolute Gasteiger partial charge is 0.494 e. The van der Waals surface area contributed by atoms with Gasteiger partial charge < -0.3 is 25.6 Å². The standard InChI is InChI=1S/C24H25FN8O4/c1-2-36-16-12-17(19(25)18(13-16)37-11-10-34)20(30-15-6-4-14(5-7-15)21(26)27)22-31-24(35)33(32-22)23-28-8-3-9-29-23/h3-9,12-13,20,30,34H,2,10-11H2,1H3,(H3,26,27)(H,31,32,35). The van der Waals surface area contributed by atoms with E-state index in [2.05, 4.69) is 25.4 Å². The van der Waals surface area contributed by atoms with Gasteiger partial charge in [-0.25, -0.2) is 19.2 Å². The Kier molecular flexibility index (Phi) is 7.74. The van der Waals surface area contributed by atoms with Crippen LogP contribution >= 0.6 is 0 Å². The van der Waals surface area contributed by atoms with Crippen molar-refractivity contribution in [2.24, 2.45) is 5.73 Å². The number of aliphatic hydroxyl groups excluding tert-OH is 1. The van der Waals surface area contributed by atoms with E-state index in [0.717, 1.165) is 4.68 Å². The van der Waals surface area contributed by atoms with Crippen LogP contribution < -0.4 is 26.2 Å². The van der Waals surface area contributed by atoms with Crippen LogP contribution in [-0.2, 0) is 0 Å². The van der Waals surface area contributed by atoms with Crippen molar-refractivity contribution in [3.05, 3.63) is 88.1 Å². The molecule has 192 valence electrons. The van der Waals surface area contributed by atoms with Crippen molar-refractivity contribution in [2.75, 3.05) is 25.1 Å². The van der Waals surface area contributed by atoms with Gasteiger partial charge in [0.2, 0.25) is 0 Å². The summed E-state index contributed by atoms with van der Waals surface area (Å²) < 4.78 is 27.7. The third kappa shape index (κ3) is 5.73. The molecule has 0 bridgehead atoms. The van der Waals surface area contributed by atoms with E-state index >= 15 is 4.39 Å². The van der Waals surface area contributed by atoms with Gasteiger partial charge in [-0.1, -0.05) is 0 Å². The highest BCUT2D eigenvalue weighted by atomic mass is 19.1. The number of nitrogen functional groups attached to an aromatic ring is 1. The molecule has 6 N–H and O–H groups in total. The molecule has 0 aliphatic carbocycles. The molecule has 37 heavy (non-hydrogen) atoms. The van der Waals surface area contributed by atoms with E-state index in [1.54, 1.807) is 37.3 Å². The lowest BCUT2D eigenvalue weighted by Gasteiger charge is -2.21. The smallest absolute Gasteiger partial charge is 0.350 e. The lowest BCUT2D eigenvalue weighted by Crippen LogP contribution is -2.18. The molecule has 4 aromatic rings. The van der Waals surface area contributed by atoms with Crippen LogP contribution in [0.5, 0.6) is 11.5 Å². The van der Waals surface area contributed by atoms with Crippen LogP contribution in [0.25, 0.3) is 5.95 Å². The average Bonchev–Trinajstić information content (AvgIpc) is 3.29. The lowest BCUT2D eigenvalue weighted by molar-refractivity contribution is 0.195. The van der Waals surface area contributed by atoms with Crippen molar-refractivity contribution >= 4 is 11.5 Å². The topological polar surface area (TPSA) is 177 Å². The molecule has 4 rings (SSSR count). The Hall–Kier alpha value is -4.78. The minimum atomic E-state index is -1.03. The van der Waals surface area contributed by atoms with Crippen molar-refractivity contribution in [1.29, 1.82) is 5.41 Å². The second kappa shape index (κ2) is 11.3. The molecule has 2 heterocycles. The van der Waals surface area contributed by atoms with Gasteiger partial charge in [0.25, 0.3) is 5.95 Å². The highest BCUT2D eigenvalue weighted by molar-refractivity contribution is 5.95. The van der Waals surface area contributed by atoms with Crippen molar-refractivity contribution in [1.82, 2.24) is 24.7 Å². The van der Waals surface area contributed by atoms with E-state index in [9.17, 15) is 4.79 Å². The monoisotopic (exact) mass is 508 g/mol. The molecule has 0 saturated heterocycles. The van der Waals surface area contributed by atoms with Crippen LogP contribution in [0.4, 0.5) is 10.1 Å². The lowest BCUT2D eigenvalue weighted by atomic mass is 10.0. The number of aromatic nitrogens is 5. The van der Waals surface area contributed by atoms with Gasteiger partial charge in [0.1, 0.15) is 24.2 Å². The highest BCUT2D eigenvalue weighted by Gasteiger charge is 2.27. The van der Waals surface area contributed by atoms with Crippen molar-refractivity contribution in [3.63, 3.8) is 0 Å². The molecule has 2 aromatic carbocycles. The van der Waals surface area contributed by atoms with Crippen LogP contribution in [0.3, 0.4) is 0 Å². The van der Waals surface area contributed by atoms with Crippen LogP contribution in [0.1, 0.15) is 29.9 Å². The molecular weight excluding hydrogens is 483 g/mol. The Morgan fingerprint density at radius 3 is 2.62 bits per heavy atom. The summed E-state index contributed by atoms with van der Waals surface area (Å²) in [6.45, 7) is 1.65. The third-order valence-corrected chi connectivity index (χ3v) is 5.17. The Bertz CT molecular complexity index is 1420. The first-order valence-electron chi connectivity index (χ1n) is 11.3.